The van der Waals surface area contributed by atoms with E-state index in [1.165, 1.54) is 22.4 Å². The molecule has 0 aliphatic rings. The van der Waals surface area contributed by atoms with Crippen LogP contribution in [-0.2, 0) is 17.8 Å². The highest BCUT2D eigenvalue weighted by Gasteiger charge is 2.38. The Labute approximate surface area is 154 Å². The van der Waals surface area contributed by atoms with Gasteiger partial charge in [0.1, 0.15) is 9.88 Å². The summed E-state index contributed by atoms with van der Waals surface area (Å²) in [5.74, 6) is -3.68. The van der Waals surface area contributed by atoms with Gasteiger partial charge in [-0.2, -0.15) is 13.2 Å². The molecule has 1 unspecified atom stereocenters. The first-order valence-electron chi connectivity index (χ1n) is 7.20. The molecule has 2 aromatic rings. The average molecular weight is 411 g/mol. The lowest BCUT2D eigenvalue weighted by Crippen LogP contribution is -2.21. The first-order valence-corrected chi connectivity index (χ1v) is 8.84. The smallest absolute Gasteiger partial charge is 0.477 e. The van der Waals surface area contributed by atoms with Crippen LogP contribution in [0.4, 0.5) is 13.2 Å². The van der Waals surface area contributed by atoms with Crippen LogP contribution < -0.4 is 5.32 Å². The normalized spacial score (nSPS) is 12.2. The van der Waals surface area contributed by atoms with Gasteiger partial charge < -0.3 is 15.5 Å². The lowest BCUT2D eigenvalue weighted by molar-refractivity contribution is -0.192. The van der Waals surface area contributed by atoms with Crippen LogP contribution in [0.15, 0.2) is 12.4 Å². The van der Waals surface area contributed by atoms with Gasteiger partial charge >= 0.3 is 18.1 Å². The van der Waals surface area contributed by atoms with Crippen molar-refractivity contribution in [2.75, 3.05) is 0 Å². The Morgan fingerprint density at radius 2 is 1.85 bits per heavy atom. The SMILES string of the molecule is CCc1ncc(CNC(C)c2ncc(C(=O)O)s2)s1.O=C(O)C(F)(F)F. The molecular weight excluding hydrogens is 395 g/mol. The van der Waals surface area contributed by atoms with E-state index < -0.39 is 18.1 Å². The Morgan fingerprint density at radius 1 is 1.23 bits per heavy atom. The van der Waals surface area contributed by atoms with E-state index in [9.17, 15) is 18.0 Å². The molecule has 0 fully saturated rings. The molecule has 3 N–H and O–H groups in total. The van der Waals surface area contributed by atoms with Crippen molar-refractivity contribution in [2.24, 2.45) is 0 Å². The Balaban J connectivity index is 0.000000412. The summed E-state index contributed by atoms with van der Waals surface area (Å²) in [5, 5.41) is 21.2. The first kappa shape index (κ1) is 22.0. The van der Waals surface area contributed by atoms with E-state index in [0.717, 1.165) is 23.0 Å². The van der Waals surface area contributed by atoms with E-state index in [2.05, 4.69) is 22.2 Å². The second kappa shape index (κ2) is 9.59. The Bertz CT molecular complexity index is 746. The highest BCUT2D eigenvalue weighted by atomic mass is 32.1. The van der Waals surface area contributed by atoms with Crippen molar-refractivity contribution in [1.82, 2.24) is 15.3 Å². The molecule has 0 aliphatic carbocycles. The molecule has 2 heterocycles. The molecule has 26 heavy (non-hydrogen) atoms. The molecule has 0 bridgehead atoms. The Morgan fingerprint density at radius 3 is 2.27 bits per heavy atom. The summed E-state index contributed by atoms with van der Waals surface area (Å²) < 4.78 is 31.7. The third-order valence-corrected chi connectivity index (χ3v) is 5.14. The second-order valence-corrected chi connectivity index (χ2v) is 7.11. The largest absolute Gasteiger partial charge is 0.490 e. The fourth-order valence-corrected chi connectivity index (χ4v) is 3.12. The number of aryl methyl sites for hydroxylation is 1. The van der Waals surface area contributed by atoms with Crippen molar-refractivity contribution in [3.05, 3.63) is 32.2 Å². The molecule has 0 aromatic carbocycles. The number of hydrogen-bond acceptors (Lipinski definition) is 7. The molecule has 144 valence electrons. The van der Waals surface area contributed by atoms with E-state index in [1.807, 2.05) is 13.1 Å². The van der Waals surface area contributed by atoms with Crippen LogP contribution in [0.5, 0.6) is 0 Å². The number of aliphatic carboxylic acids is 1. The zero-order chi connectivity index (χ0) is 19.9. The van der Waals surface area contributed by atoms with Crippen molar-refractivity contribution in [3.63, 3.8) is 0 Å². The Hall–Kier alpha value is -2.05. The molecule has 12 heteroatoms. The van der Waals surface area contributed by atoms with Gasteiger partial charge in [-0.05, 0) is 13.3 Å². The van der Waals surface area contributed by atoms with Crippen LogP contribution in [0.1, 0.15) is 44.5 Å². The number of aromatic nitrogens is 2. The zero-order valence-corrected chi connectivity index (χ0v) is 15.3. The van der Waals surface area contributed by atoms with E-state index >= 15 is 0 Å². The number of hydrogen-bond donors (Lipinski definition) is 3. The maximum atomic E-state index is 10.8. The molecule has 1 atom stereocenters. The summed E-state index contributed by atoms with van der Waals surface area (Å²) in [6.45, 7) is 4.79. The minimum atomic E-state index is -5.08. The number of halogens is 3. The number of nitrogens with one attached hydrogen (secondary N) is 1. The number of nitrogens with zero attached hydrogens (tertiary/aromatic N) is 2. The van der Waals surface area contributed by atoms with Crippen LogP contribution in [0, 0.1) is 0 Å². The zero-order valence-electron chi connectivity index (χ0n) is 13.7. The van der Waals surface area contributed by atoms with Gasteiger partial charge in [-0.15, -0.1) is 22.7 Å². The van der Waals surface area contributed by atoms with Gasteiger partial charge in [0.05, 0.1) is 17.2 Å². The maximum Gasteiger partial charge on any atom is 0.490 e. The molecule has 2 aromatic heterocycles. The molecule has 0 amide bonds. The molecule has 0 saturated heterocycles. The number of rotatable bonds is 6. The fourth-order valence-electron chi connectivity index (χ4n) is 1.52. The van der Waals surface area contributed by atoms with Crippen LogP contribution in [0.2, 0.25) is 0 Å². The van der Waals surface area contributed by atoms with Crippen molar-refractivity contribution in [3.8, 4) is 0 Å². The first-order chi connectivity index (χ1) is 12.0. The molecular formula is C14H16F3N3O4S2. The molecule has 0 saturated carbocycles. The third-order valence-electron chi connectivity index (χ3n) is 2.83. The average Bonchev–Trinajstić information content (AvgIpc) is 3.21. The van der Waals surface area contributed by atoms with E-state index in [0.29, 0.717) is 0 Å². The van der Waals surface area contributed by atoms with Crippen LogP contribution in [0.3, 0.4) is 0 Å². The standard InChI is InChI=1S/C12H15N3O2S2.C2HF3O2/c1-3-10-14-5-8(18-10)4-13-7(2)11-15-6-9(19-11)12(16)17;3-2(4,5)1(6)7/h5-7,13H,3-4H2,1-2H3,(H,16,17);(H,6,7). The Kier molecular flexibility index (Phi) is 8.11. The summed E-state index contributed by atoms with van der Waals surface area (Å²) in [6.07, 6.45) is -0.842. The topological polar surface area (TPSA) is 112 Å². The lowest BCUT2D eigenvalue weighted by Gasteiger charge is -2.09. The van der Waals surface area contributed by atoms with Crippen molar-refractivity contribution >= 4 is 34.6 Å². The molecule has 0 spiro atoms. The summed E-state index contributed by atoms with van der Waals surface area (Å²) in [7, 11) is 0. The maximum absolute atomic E-state index is 10.8. The predicted molar refractivity (Wildman–Crippen MR) is 89.5 cm³/mol. The number of carboxylic acid groups (broad SMARTS) is 2. The number of alkyl halides is 3. The number of thiazole rings is 2. The quantitative estimate of drug-likeness (QED) is 0.668. The molecule has 2 rings (SSSR count). The van der Waals surface area contributed by atoms with Gasteiger partial charge in [0.15, 0.2) is 0 Å². The number of carbonyl (C=O) groups is 2. The second-order valence-electron chi connectivity index (χ2n) is 4.85. The van der Waals surface area contributed by atoms with Crippen molar-refractivity contribution < 1.29 is 33.0 Å². The lowest BCUT2D eigenvalue weighted by atomic mass is 10.3. The van der Waals surface area contributed by atoms with Crippen molar-refractivity contribution in [2.45, 2.75) is 39.0 Å². The van der Waals surface area contributed by atoms with E-state index in [-0.39, 0.29) is 10.9 Å². The summed E-state index contributed by atoms with van der Waals surface area (Å²) in [5.41, 5.74) is 0. The monoisotopic (exact) mass is 411 g/mol. The van der Waals surface area contributed by atoms with E-state index in [1.54, 1.807) is 11.3 Å². The highest BCUT2D eigenvalue weighted by Crippen LogP contribution is 2.21. The molecule has 7 nitrogen and oxygen atoms in total. The summed E-state index contributed by atoms with van der Waals surface area (Å²) in [6, 6.07) is 0.0327. The third kappa shape index (κ3) is 7.06. The van der Waals surface area contributed by atoms with Crippen LogP contribution in [-0.4, -0.2) is 38.3 Å². The van der Waals surface area contributed by atoms with Gasteiger partial charge in [0.2, 0.25) is 0 Å². The molecule has 0 aliphatic heterocycles. The van der Waals surface area contributed by atoms with Gasteiger partial charge in [-0.3, -0.25) is 0 Å². The molecule has 0 radical (unpaired) electrons. The fraction of sp³-hybridized carbons (Fsp3) is 0.429. The van der Waals surface area contributed by atoms with Gasteiger partial charge in [-0.1, -0.05) is 6.92 Å². The summed E-state index contributed by atoms with van der Waals surface area (Å²) >= 11 is 2.90. The van der Waals surface area contributed by atoms with Crippen LogP contribution >= 0.6 is 22.7 Å². The highest BCUT2D eigenvalue weighted by molar-refractivity contribution is 7.13. The number of carboxylic acids is 2. The minimum absolute atomic E-state index is 0.0327. The van der Waals surface area contributed by atoms with Gasteiger partial charge in [0, 0.05) is 17.6 Å². The number of aromatic carboxylic acids is 1. The van der Waals surface area contributed by atoms with Gasteiger partial charge in [0.25, 0.3) is 0 Å². The minimum Gasteiger partial charge on any atom is -0.477 e. The predicted octanol–water partition coefficient (Wildman–Crippen LogP) is 3.34. The summed E-state index contributed by atoms with van der Waals surface area (Å²) in [4.78, 5) is 29.6. The van der Waals surface area contributed by atoms with Crippen molar-refractivity contribution in [1.29, 1.82) is 0 Å². The van der Waals surface area contributed by atoms with Crippen LogP contribution in [0.25, 0.3) is 0 Å². The van der Waals surface area contributed by atoms with Gasteiger partial charge in [-0.25, -0.2) is 19.6 Å². The van der Waals surface area contributed by atoms with E-state index in [4.69, 9.17) is 15.0 Å².